The molecule has 0 spiro atoms. The summed E-state index contributed by atoms with van der Waals surface area (Å²) in [6.07, 6.45) is 0.878. The Morgan fingerprint density at radius 2 is 2.13 bits per heavy atom. The van der Waals surface area contributed by atoms with Crippen molar-refractivity contribution in [3.05, 3.63) is 35.9 Å². The van der Waals surface area contributed by atoms with Gasteiger partial charge in [-0.1, -0.05) is 30.3 Å². The summed E-state index contributed by atoms with van der Waals surface area (Å²) in [7, 11) is 0. The zero-order valence-corrected chi connectivity index (χ0v) is 8.73. The lowest BCUT2D eigenvalue weighted by atomic mass is 9.81. The molecule has 15 heavy (non-hydrogen) atoms. The Bertz CT molecular complexity index is 309. The minimum Gasteiger partial charge on any atom is -0.383 e. The van der Waals surface area contributed by atoms with Gasteiger partial charge in [-0.3, -0.25) is 0 Å². The zero-order valence-electron chi connectivity index (χ0n) is 8.73. The Kier molecular flexibility index (Phi) is 3.05. The van der Waals surface area contributed by atoms with E-state index in [4.69, 9.17) is 10.5 Å². The van der Waals surface area contributed by atoms with Crippen molar-refractivity contribution in [2.75, 3.05) is 19.8 Å². The molecule has 0 bridgehead atoms. The maximum atomic E-state index is 10.6. The lowest BCUT2D eigenvalue weighted by Gasteiger charge is -2.32. The van der Waals surface area contributed by atoms with Crippen LogP contribution in [0.1, 0.15) is 12.0 Å². The highest BCUT2D eigenvalue weighted by Gasteiger charge is 2.39. The van der Waals surface area contributed by atoms with Crippen LogP contribution in [0.15, 0.2) is 30.3 Å². The first kappa shape index (κ1) is 10.6. The van der Waals surface area contributed by atoms with E-state index in [0.717, 1.165) is 18.6 Å². The van der Waals surface area contributed by atoms with Crippen LogP contribution in [-0.4, -0.2) is 24.9 Å². The number of benzene rings is 1. The van der Waals surface area contributed by atoms with E-state index >= 15 is 0 Å². The summed E-state index contributed by atoms with van der Waals surface area (Å²) in [6.45, 7) is 1.56. The van der Waals surface area contributed by atoms with Crippen LogP contribution in [0.3, 0.4) is 0 Å². The van der Waals surface area contributed by atoms with Crippen LogP contribution in [0.4, 0.5) is 0 Å². The SMILES string of the molecule is NCC(O)(c1ccccc1)C1CCOC1. The highest BCUT2D eigenvalue weighted by atomic mass is 16.5. The molecule has 82 valence electrons. The molecule has 1 fully saturated rings. The minimum absolute atomic E-state index is 0.116. The largest absolute Gasteiger partial charge is 0.383 e. The van der Waals surface area contributed by atoms with Gasteiger partial charge in [-0.25, -0.2) is 0 Å². The molecule has 0 saturated carbocycles. The van der Waals surface area contributed by atoms with Crippen LogP contribution in [0.5, 0.6) is 0 Å². The molecule has 1 heterocycles. The smallest absolute Gasteiger partial charge is 0.107 e. The fraction of sp³-hybridized carbons (Fsp3) is 0.500. The first-order chi connectivity index (χ1) is 7.27. The molecule has 1 aromatic rings. The lowest BCUT2D eigenvalue weighted by Crippen LogP contribution is -2.42. The molecule has 1 aromatic carbocycles. The van der Waals surface area contributed by atoms with E-state index in [-0.39, 0.29) is 12.5 Å². The van der Waals surface area contributed by atoms with Crippen LogP contribution < -0.4 is 5.73 Å². The van der Waals surface area contributed by atoms with Gasteiger partial charge in [-0.2, -0.15) is 0 Å². The van der Waals surface area contributed by atoms with Gasteiger partial charge in [0, 0.05) is 19.1 Å². The maximum Gasteiger partial charge on any atom is 0.107 e. The molecular formula is C12H17NO2. The number of hydrogen-bond acceptors (Lipinski definition) is 3. The molecule has 2 unspecified atom stereocenters. The van der Waals surface area contributed by atoms with E-state index < -0.39 is 5.60 Å². The molecule has 0 aliphatic carbocycles. The molecule has 3 heteroatoms. The molecule has 0 aromatic heterocycles. The third-order valence-electron chi connectivity index (χ3n) is 3.19. The highest BCUT2D eigenvalue weighted by molar-refractivity contribution is 5.24. The van der Waals surface area contributed by atoms with E-state index in [0.29, 0.717) is 6.61 Å². The van der Waals surface area contributed by atoms with Crippen molar-refractivity contribution in [3.63, 3.8) is 0 Å². The monoisotopic (exact) mass is 207 g/mol. The lowest BCUT2D eigenvalue weighted by molar-refractivity contribution is -0.0189. The average Bonchev–Trinajstić information content (AvgIpc) is 2.83. The van der Waals surface area contributed by atoms with Gasteiger partial charge in [-0.05, 0) is 12.0 Å². The Labute approximate surface area is 89.9 Å². The first-order valence-electron chi connectivity index (χ1n) is 5.33. The van der Waals surface area contributed by atoms with Gasteiger partial charge in [0.25, 0.3) is 0 Å². The van der Waals surface area contributed by atoms with Crippen molar-refractivity contribution in [3.8, 4) is 0 Å². The van der Waals surface area contributed by atoms with Crippen molar-refractivity contribution in [1.82, 2.24) is 0 Å². The minimum atomic E-state index is -0.933. The topological polar surface area (TPSA) is 55.5 Å². The summed E-state index contributed by atoms with van der Waals surface area (Å²) in [4.78, 5) is 0. The van der Waals surface area contributed by atoms with Crippen LogP contribution >= 0.6 is 0 Å². The summed E-state index contributed by atoms with van der Waals surface area (Å²) in [6, 6.07) is 9.62. The van der Waals surface area contributed by atoms with Crippen molar-refractivity contribution in [2.45, 2.75) is 12.0 Å². The molecule has 2 rings (SSSR count). The standard InChI is InChI=1S/C12H17NO2/c13-9-12(14,11-6-7-15-8-11)10-4-2-1-3-5-10/h1-5,11,14H,6-9,13H2. The number of hydrogen-bond donors (Lipinski definition) is 2. The quantitative estimate of drug-likeness (QED) is 0.773. The van der Waals surface area contributed by atoms with Gasteiger partial charge in [0.15, 0.2) is 0 Å². The summed E-state index contributed by atoms with van der Waals surface area (Å²) in [5.74, 6) is 0.116. The van der Waals surface area contributed by atoms with Crippen LogP contribution in [0.2, 0.25) is 0 Å². The predicted molar refractivity (Wildman–Crippen MR) is 58.3 cm³/mol. The average molecular weight is 207 g/mol. The number of aliphatic hydroxyl groups is 1. The Hall–Kier alpha value is -0.900. The first-order valence-corrected chi connectivity index (χ1v) is 5.33. The van der Waals surface area contributed by atoms with Gasteiger partial charge in [0.05, 0.1) is 6.61 Å². The van der Waals surface area contributed by atoms with Gasteiger partial charge in [0.1, 0.15) is 5.60 Å². The van der Waals surface area contributed by atoms with Crippen LogP contribution in [0.25, 0.3) is 0 Å². The molecule has 1 saturated heterocycles. The van der Waals surface area contributed by atoms with E-state index in [2.05, 4.69) is 0 Å². The predicted octanol–water partition coefficient (Wildman–Crippen LogP) is 0.869. The molecule has 0 amide bonds. The van der Waals surface area contributed by atoms with E-state index in [9.17, 15) is 5.11 Å². The van der Waals surface area contributed by atoms with Gasteiger partial charge in [0.2, 0.25) is 0 Å². The summed E-state index contributed by atoms with van der Waals surface area (Å²) in [5.41, 5.74) is 5.67. The normalized spacial score (nSPS) is 25.1. The summed E-state index contributed by atoms with van der Waals surface area (Å²) >= 11 is 0. The molecule has 1 aliphatic heterocycles. The third kappa shape index (κ3) is 1.91. The van der Waals surface area contributed by atoms with Gasteiger partial charge < -0.3 is 15.6 Å². The third-order valence-corrected chi connectivity index (χ3v) is 3.19. The van der Waals surface area contributed by atoms with Crippen molar-refractivity contribution < 1.29 is 9.84 Å². The van der Waals surface area contributed by atoms with Crippen LogP contribution in [0, 0.1) is 5.92 Å². The van der Waals surface area contributed by atoms with Crippen molar-refractivity contribution in [1.29, 1.82) is 0 Å². The van der Waals surface area contributed by atoms with E-state index in [1.54, 1.807) is 0 Å². The molecule has 2 atom stereocenters. The fourth-order valence-corrected chi connectivity index (χ4v) is 2.16. The summed E-state index contributed by atoms with van der Waals surface area (Å²) < 4.78 is 5.31. The Balaban J connectivity index is 2.28. The van der Waals surface area contributed by atoms with Crippen molar-refractivity contribution in [2.24, 2.45) is 11.7 Å². The van der Waals surface area contributed by atoms with Crippen molar-refractivity contribution >= 4 is 0 Å². The molecular weight excluding hydrogens is 190 g/mol. The van der Waals surface area contributed by atoms with Gasteiger partial charge >= 0.3 is 0 Å². The zero-order chi connectivity index (χ0) is 10.7. The molecule has 0 radical (unpaired) electrons. The maximum absolute atomic E-state index is 10.6. The molecule has 3 N–H and O–H groups in total. The highest BCUT2D eigenvalue weighted by Crippen LogP contribution is 2.33. The second kappa shape index (κ2) is 4.31. The molecule has 3 nitrogen and oxygen atoms in total. The number of ether oxygens (including phenoxy) is 1. The second-order valence-electron chi connectivity index (χ2n) is 4.05. The Morgan fingerprint density at radius 1 is 1.40 bits per heavy atom. The van der Waals surface area contributed by atoms with Crippen LogP contribution in [-0.2, 0) is 10.3 Å². The van der Waals surface area contributed by atoms with E-state index in [1.165, 1.54) is 0 Å². The van der Waals surface area contributed by atoms with Gasteiger partial charge in [-0.15, -0.1) is 0 Å². The molecule has 1 aliphatic rings. The van der Waals surface area contributed by atoms with E-state index in [1.807, 2.05) is 30.3 Å². The summed E-state index contributed by atoms with van der Waals surface area (Å²) in [5, 5.41) is 10.6. The fourth-order valence-electron chi connectivity index (χ4n) is 2.16. The second-order valence-corrected chi connectivity index (χ2v) is 4.05. The number of rotatable bonds is 3. The number of nitrogens with two attached hydrogens (primary N) is 1. The Morgan fingerprint density at radius 3 is 2.67 bits per heavy atom.